The number of rotatable bonds is 6. The summed E-state index contributed by atoms with van der Waals surface area (Å²) in [5, 5.41) is 8.21. The number of hydrogen-bond acceptors (Lipinski definition) is 2. The van der Waals surface area contributed by atoms with Crippen LogP contribution in [0.1, 0.15) is 64.5 Å². The molecule has 1 aromatic rings. The van der Waals surface area contributed by atoms with E-state index in [0.717, 1.165) is 24.9 Å². The number of hydrogen-bond donors (Lipinski definition) is 1. The summed E-state index contributed by atoms with van der Waals surface area (Å²) in [5.74, 6) is 1.66. The fraction of sp³-hybridized carbons (Fsp3) is 0.812. The summed E-state index contributed by atoms with van der Waals surface area (Å²) in [6.07, 6.45) is 11.0. The van der Waals surface area contributed by atoms with Crippen LogP contribution >= 0.6 is 0 Å². The van der Waals surface area contributed by atoms with Crippen LogP contribution in [0.5, 0.6) is 0 Å². The summed E-state index contributed by atoms with van der Waals surface area (Å²) in [7, 11) is 0. The first kappa shape index (κ1) is 14.6. The van der Waals surface area contributed by atoms with Crippen LogP contribution in [-0.4, -0.2) is 16.3 Å². The lowest BCUT2D eigenvalue weighted by atomic mass is 9.77. The first-order chi connectivity index (χ1) is 9.24. The number of nitrogens with zero attached hydrogens (tertiary/aromatic N) is 2. The number of aryl methyl sites for hydroxylation is 1. The minimum absolute atomic E-state index is 0.503. The molecule has 3 nitrogen and oxygen atoms in total. The maximum absolute atomic E-state index is 4.45. The van der Waals surface area contributed by atoms with Crippen molar-refractivity contribution in [2.75, 3.05) is 6.54 Å². The Morgan fingerprint density at radius 3 is 2.89 bits per heavy atom. The van der Waals surface area contributed by atoms with Crippen molar-refractivity contribution in [2.45, 2.75) is 65.5 Å². The second-order valence-electron chi connectivity index (χ2n) is 6.09. The molecule has 2 rings (SSSR count). The Bertz CT molecular complexity index is 372. The summed E-state index contributed by atoms with van der Waals surface area (Å²) in [4.78, 5) is 0. The molecule has 0 aromatic carbocycles. The van der Waals surface area contributed by atoms with E-state index >= 15 is 0 Å². The highest BCUT2D eigenvalue weighted by atomic mass is 15.3. The number of nitrogens with one attached hydrogen (secondary N) is 1. The van der Waals surface area contributed by atoms with Gasteiger partial charge in [0.05, 0.1) is 6.20 Å². The van der Waals surface area contributed by atoms with E-state index in [2.05, 4.69) is 43.6 Å². The Labute approximate surface area is 117 Å². The van der Waals surface area contributed by atoms with Crippen molar-refractivity contribution in [1.82, 2.24) is 15.1 Å². The van der Waals surface area contributed by atoms with Gasteiger partial charge in [-0.1, -0.05) is 26.7 Å². The van der Waals surface area contributed by atoms with Crippen LogP contribution in [0.15, 0.2) is 12.4 Å². The van der Waals surface area contributed by atoms with Gasteiger partial charge in [0.2, 0.25) is 0 Å². The second-order valence-corrected chi connectivity index (χ2v) is 6.09. The van der Waals surface area contributed by atoms with Gasteiger partial charge in [-0.2, -0.15) is 5.10 Å². The largest absolute Gasteiger partial charge is 0.310 e. The highest BCUT2D eigenvalue weighted by Gasteiger charge is 2.28. The van der Waals surface area contributed by atoms with Gasteiger partial charge in [0, 0.05) is 24.3 Å². The molecule has 3 unspecified atom stereocenters. The standard InChI is InChI=1S/C16H29N3/c1-4-9-17-16(14-8-6-7-13(3)10-14)15-11-18-19(5-2)12-15/h11-14,16-17H,4-10H2,1-3H3. The first-order valence-electron chi connectivity index (χ1n) is 8.00. The lowest BCUT2D eigenvalue weighted by Gasteiger charge is -2.33. The molecule has 1 aromatic heterocycles. The van der Waals surface area contributed by atoms with Gasteiger partial charge in [-0.3, -0.25) is 4.68 Å². The Kier molecular flexibility index (Phi) is 5.44. The summed E-state index contributed by atoms with van der Waals surface area (Å²) >= 11 is 0. The van der Waals surface area contributed by atoms with Gasteiger partial charge in [0.15, 0.2) is 0 Å². The van der Waals surface area contributed by atoms with E-state index in [4.69, 9.17) is 0 Å². The van der Waals surface area contributed by atoms with Gasteiger partial charge in [-0.05, 0) is 44.6 Å². The van der Waals surface area contributed by atoms with Crippen LogP contribution < -0.4 is 5.32 Å². The predicted octanol–water partition coefficient (Wildman–Crippen LogP) is 3.77. The van der Waals surface area contributed by atoms with Crippen molar-refractivity contribution in [3.8, 4) is 0 Å². The van der Waals surface area contributed by atoms with Crippen LogP contribution in [0, 0.1) is 11.8 Å². The van der Waals surface area contributed by atoms with Crippen molar-refractivity contribution < 1.29 is 0 Å². The zero-order valence-electron chi connectivity index (χ0n) is 12.7. The number of aromatic nitrogens is 2. The maximum Gasteiger partial charge on any atom is 0.0537 e. The molecule has 0 aliphatic heterocycles. The zero-order chi connectivity index (χ0) is 13.7. The topological polar surface area (TPSA) is 29.9 Å². The van der Waals surface area contributed by atoms with Crippen LogP contribution in [-0.2, 0) is 6.54 Å². The van der Waals surface area contributed by atoms with Crippen LogP contribution in [0.25, 0.3) is 0 Å². The van der Waals surface area contributed by atoms with Gasteiger partial charge in [-0.15, -0.1) is 0 Å². The Morgan fingerprint density at radius 2 is 2.26 bits per heavy atom. The summed E-state index contributed by atoms with van der Waals surface area (Å²) in [6, 6.07) is 0.503. The van der Waals surface area contributed by atoms with E-state index in [1.807, 2.05) is 4.68 Å². The fourth-order valence-corrected chi connectivity index (χ4v) is 3.35. The first-order valence-corrected chi connectivity index (χ1v) is 8.00. The molecule has 1 fully saturated rings. The van der Waals surface area contributed by atoms with Gasteiger partial charge in [0.25, 0.3) is 0 Å². The molecule has 0 spiro atoms. The third-order valence-electron chi connectivity index (χ3n) is 4.40. The van der Waals surface area contributed by atoms with E-state index in [0.29, 0.717) is 6.04 Å². The smallest absolute Gasteiger partial charge is 0.0537 e. The molecular formula is C16H29N3. The molecule has 1 aliphatic carbocycles. The van der Waals surface area contributed by atoms with E-state index in [9.17, 15) is 0 Å². The molecule has 1 aliphatic rings. The Hall–Kier alpha value is -0.830. The highest BCUT2D eigenvalue weighted by molar-refractivity contribution is 5.12. The van der Waals surface area contributed by atoms with E-state index in [1.54, 1.807) is 0 Å². The molecule has 0 bridgehead atoms. The van der Waals surface area contributed by atoms with Crippen molar-refractivity contribution >= 4 is 0 Å². The normalized spacial score (nSPS) is 25.4. The summed E-state index contributed by atoms with van der Waals surface area (Å²) in [5.41, 5.74) is 1.38. The molecule has 3 atom stereocenters. The molecule has 3 heteroatoms. The van der Waals surface area contributed by atoms with Crippen LogP contribution in [0.3, 0.4) is 0 Å². The minimum Gasteiger partial charge on any atom is -0.310 e. The zero-order valence-corrected chi connectivity index (χ0v) is 12.7. The second kappa shape index (κ2) is 7.09. The summed E-state index contributed by atoms with van der Waals surface area (Å²) < 4.78 is 2.04. The van der Waals surface area contributed by atoms with Crippen molar-refractivity contribution in [3.63, 3.8) is 0 Å². The van der Waals surface area contributed by atoms with Gasteiger partial charge >= 0.3 is 0 Å². The van der Waals surface area contributed by atoms with Crippen molar-refractivity contribution in [3.05, 3.63) is 18.0 Å². The molecule has 1 N–H and O–H groups in total. The van der Waals surface area contributed by atoms with Gasteiger partial charge in [0.1, 0.15) is 0 Å². The minimum atomic E-state index is 0.503. The van der Waals surface area contributed by atoms with Crippen molar-refractivity contribution in [2.24, 2.45) is 11.8 Å². The molecule has 1 saturated carbocycles. The molecular weight excluding hydrogens is 234 g/mol. The Balaban J connectivity index is 2.09. The predicted molar refractivity (Wildman–Crippen MR) is 80.1 cm³/mol. The molecule has 1 heterocycles. The van der Waals surface area contributed by atoms with Gasteiger partial charge < -0.3 is 5.32 Å². The van der Waals surface area contributed by atoms with E-state index in [-0.39, 0.29) is 0 Å². The van der Waals surface area contributed by atoms with Gasteiger partial charge in [-0.25, -0.2) is 0 Å². The molecule has 0 radical (unpaired) electrons. The Morgan fingerprint density at radius 1 is 1.42 bits per heavy atom. The molecule has 19 heavy (non-hydrogen) atoms. The molecule has 0 saturated heterocycles. The molecule has 0 amide bonds. The quantitative estimate of drug-likeness (QED) is 0.846. The lowest BCUT2D eigenvalue weighted by Crippen LogP contribution is -2.31. The monoisotopic (exact) mass is 263 g/mol. The van der Waals surface area contributed by atoms with E-state index in [1.165, 1.54) is 37.7 Å². The molecule has 108 valence electrons. The third kappa shape index (κ3) is 3.82. The fourth-order valence-electron chi connectivity index (χ4n) is 3.35. The SMILES string of the molecule is CCCNC(c1cnn(CC)c1)C1CCCC(C)C1. The lowest BCUT2D eigenvalue weighted by molar-refractivity contribution is 0.223. The average molecular weight is 263 g/mol. The summed E-state index contributed by atoms with van der Waals surface area (Å²) in [6.45, 7) is 8.85. The maximum atomic E-state index is 4.45. The highest BCUT2D eigenvalue weighted by Crippen LogP contribution is 2.37. The van der Waals surface area contributed by atoms with Crippen molar-refractivity contribution in [1.29, 1.82) is 0 Å². The van der Waals surface area contributed by atoms with E-state index < -0.39 is 0 Å². The van der Waals surface area contributed by atoms with Crippen LogP contribution in [0.4, 0.5) is 0 Å². The third-order valence-corrected chi connectivity index (χ3v) is 4.40. The average Bonchev–Trinajstić information content (AvgIpc) is 2.88. The van der Waals surface area contributed by atoms with Crippen LogP contribution in [0.2, 0.25) is 0 Å².